The van der Waals surface area contributed by atoms with Crippen LogP contribution in [0.15, 0.2) is 48.3 Å². The first-order valence-corrected chi connectivity index (χ1v) is 6.48. The van der Waals surface area contributed by atoms with Crippen LogP contribution in [0.1, 0.15) is 44.6 Å². The Balaban J connectivity index is 2.77. The van der Waals surface area contributed by atoms with Gasteiger partial charge in [-0.3, -0.25) is 4.90 Å². The van der Waals surface area contributed by atoms with E-state index in [1.165, 1.54) is 0 Å². The Morgan fingerprint density at radius 2 is 1.41 bits per heavy atom. The fraction of sp³-hybridized carbons (Fsp3) is 0.333. The third-order valence-corrected chi connectivity index (χ3v) is 2.81. The normalized spacial score (nSPS) is 40.5. The number of hydrogen-bond acceptors (Lipinski definition) is 2. The minimum Gasteiger partial charge on any atom is -0.304 e. The topological polar surface area (TPSA) is 6.48 Å². The Kier molecular flexibility index (Phi) is 1.44. The molecular formula is C18H20Cl2N2. The molecule has 2 aromatic carbocycles. The maximum Gasteiger partial charge on any atom is 0.0639 e. The number of piperazine rings is 1. The van der Waals surface area contributed by atoms with E-state index in [-0.39, 0.29) is 0 Å². The fourth-order valence-corrected chi connectivity index (χ4v) is 1.74. The van der Waals surface area contributed by atoms with Crippen LogP contribution in [0, 0.1) is 0 Å². The van der Waals surface area contributed by atoms with Crippen molar-refractivity contribution in [2.75, 3.05) is 33.0 Å². The molecule has 0 spiro atoms. The maximum absolute atomic E-state index is 9.53. The van der Waals surface area contributed by atoms with Crippen molar-refractivity contribution in [3.63, 3.8) is 0 Å². The van der Waals surface area contributed by atoms with Crippen LogP contribution < -0.4 is 0 Å². The van der Waals surface area contributed by atoms with Crippen LogP contribution in [-0.4, -0.2) is 42.8 Å². The summed E-state index contributed by atoms with van der Waals surface area (Å²) in [6.45, 7) is -20.4. The van der Waals surface area contributed by atoms with Gasteiger partial charge in [0, 0.05) is 51.1 Å². The molecule has 2 aromatic rings. The molecule has 3 rings (SSSR count). The van der Waals surface area contributed by atoms with Crippen molar-refractivity contribution < 1.29 is 27.4 Å². The van der Waals surface area contributed by atoms with Gasteiger partial charge in [-0.25, -0.2) is 0 Å². The van der Waals surface area contributed by atoms with E-state index in [2.05, 4.69) is 0 Å². The molecule has 0 N–H and O–H groups in total. The number of halogens is 2. The summed E-state index contributed by atoms with van der Waals surface area (Å²) in [6, 6.07) is -13.4. The van der Waals surface area contributed by atoms with E-state index in [4.69, 9.17) is 49.2 Å². The standard InChI is InChI=1S/C18H20Cl2N2/c1-21-10-12-22(13-11-21)18(14-2-6-16(19)7-3-14)15-4-8-17(20)9-5-15/h2-9,18H,10-13H2,1H3/i1D3,2D,3D,4D,5D,6D,7D,8D,9D,10D2,11D2,12D2,13D2,18D. The Hall–Kier alpha value is -1.06. The van der Waals surface area contributed by atoms with Crippen molar-refractivity contribution in [3.05, 3.63) is 69.5 Å². The molecule has 116 valence electrons. The van der Waals surface area contributed by atoms with Crippen molar-refractivity contribution in [1.82, 2.24) is 9.80 Å². The van der Waals surface area contributed by atoms with Crippen molar-refractivity contribution in [2.45, 2.75) is 6.02 Å². The molecule has 0 unspecified atom stereocenters. The number of likely N-dealkylation sites (N-methyl/N-ethyl adjacent to an activating group) is 1. The second-order valence-electron chi connectivity index (χ2n) is 3.84. The Morgan fingerprint density at radius 1 is 0.955 bits per heavy atom. The molecule has 0 bridgehead atoms. The van der Waals surface area contributed by atoms with Crippen LogP contribution in [0.5, 0.6) is 0 Å². The summed E-state index contributed by atoms with van der Waals surface area (Å²) in [7, 11) is 0. The van der Waals surface area contributed by atoms with Gasteiger partial charge in [0.2, 0.25) is 0 Å². The van der Waals surface area contributed by atoms with Gasteiger partial charge in [0.25, 0.3) is 0 Å². The summed E-state index contributed by atoms with van der Waals surface area (Å²) in [5.74, 6) is 0. The van der Waals surface area contributed by atoms with Crippen LogP contribution in [-0.2, 0) is 0 Å². The van der Waals surface area contributed by atoms with E-state index in [0.29, 0.717) is 0 Å². The van der Waals surface area contributed by atoms with E-state index in [0.717, 1.165) is 0 Å². The van der Waals surface area contributed by atoms with Gasteiger partial charge in [0.15, 0.2) is 0 Å². The van der Waals surface area contributed by atoms with Gasteiger partial charge >= 0.3 is 0 Å². The van der Waals surface area contributed by atoms with Gasteiger partial charge in [-0.05, 0) is 42.3 Å². The van der Waals surface area contributed by atoms with Crippen LogP contribution in [0.4, 0.5) is 0 Å². The van der Waals surface area contributed by atoms with Crippen molar-refractivity contribution >= 4 is 23.2 Å². The Bertz CT molecular complexity index is 1310. The predicted octanol–water partition coefficient (Wildman–Crippen LogP) is 4.33. The van der Waals surface area contributed by atoms with E-state index in [1.54, 1.807) is 0 Å². The van der Waals surface area contributed by atoms with Gasteiger partial charge < -0.3 is 4.90 Å². The van der Waals surface area contributed by atoms with E-state index >= 15 is 0 Å². The zero-order chi connectivity index (χ0) is 33.1. The van der Waals surface area contributed by atoms with Crippen molar-refractivity contribution in [2.24, 2.45) is 0 Å². The third kappa shape index (κ3) is 3.64. The predicted molar refractivity (Wildman–Crippen MR) is 93.8 cm³/mol. The molecule has 1 fully saturated rings. The highest BCUT2D eigenvalue weighted by Crippen LogP contribution is 2.31. The molecule has 1 heterocycles. The van der Waals surface area contributed by atoms with Gasteiger partial charge in [-0.1, -0.05) is 47.4 Å². The molecule has 4 heteroatoms. The van der Waals surface area contributed by atoms with Crippen LogP contribution in [0.2, 0.25) is 10.0 Å². The van der Waals surface area contributed by atoms with Crippen molar-refractivity contribution in [1.29, 1.82) is 0 Å². The van der Waals surface area contributed by atoms with Crippen molar-refractivity contribution in [3.8, 4) is 0 Å². The van der Waals surface area contributed by atoms with Gasteiger partial charge in [-0.2, -0.15) is 0 Å². The highest BCUT2D eigenvalue weighted by Gasteiger charge is 2.25. The monoisotopic (exact) mass is 354 g/mol. The lowest BCUT2D eigenvalue weighted by molar-refractivity contribution is 0.127. The minimum atomic E-state index is -4.18. The number of rotatable bonds is 3. The third-order valence-electron chi connectivity index (χ3n) is 2.43. The molecule has 1 aliphatic rings. The van der Waals surface area contributed by atoms with E-state index in [9.17, 15) is 1.37 Å². The minimum absolute atomic E-state index is 0.578. The summed E-state index contributed by atoms with van der Waals surface area (Å²) >= 11 is 11.7. The van der Waals surface area contributed by atoms with E-state index < -0.39 is 118 Å². The number of hydrogen-bond donors (Lipinski definition) is 0. The summed E-state index contributed by atoms with van der Waals surface area (Å²) in [4.78, 5) is -1.29. The van der Waals surface area contributed by atoms with Gasteiger partial charge in [0.05, 0.1) is 18.4 Å². The summed E-state index contributed by atoms with van der Waals surface area (Å²) in [5, 5.41) is -1.65. The molecule has 22 heavy (non-hydrogen) atoms. The van der Waals surface area contributed by atoms with Crippen LogP contribution in [0.25, 0.3) is 0 Å². The molecule has 0 amide bonds. The molecule has 0 saturated carbocycles. The molecule has 1 aliphatic heterocycles. The smallest absolute Gasteiger partial charge is 0.0639 e. The van der Waals surface area contributed by atoms with Crippen LogP contribution >= 0.6 is 23.2 Å². The molecule has 0 aliphatic carbocycles. The van der Waals surface area contributed by atoms with Gasteiger partial charge in [0.1, 0.15) is 0 Å². The second kappa shape index (κ2) is 7.01. The molecular weight excluding hydrogens is 315 g/mol. The largest absolute Gasteiger partial charge is 0.304 e. The molecule has 2 nitrogen and oxygen atoms in total. The lowest BCUT2D eigenvalue weighted by Crippen LogP contribution is -2.46. The van der Waals surface area contributed by atoms with Crippen LogP contribution in [0.3, 0.4) is 0 Å². The number of benzene rings is 2. The first-order valence-electron chi connectivity index (χ1n) is 15.7. The maximum atomic E-state index is 9.53. The van der Waals surface area contributed by atoms with E-state index in [1.807, 2.05) is 0 Å². The zero-order valence-corrected chi connectivity index (χ0v) is 12.2. The average Bonchev–Trinajstić information content (AvgIpc) is 2.81. The van der Waals surface area contributed by atoms with Gasteiger partial charge in [-0.15, -0.1) is 0 Å². The lowest BCUT2D eigenvalue weighted by Gasteiger charge is -2.38. The fourth-order valence-electron chi connectivity index (χ4n) is 1.55. The zero-order valence-electron chi connectivity index (χ0n) is 30.7. The second-order valence-corrected chi connectivity index (χ2v) is 4.60. The molecule has 0 aromatic heterocycles. The molecule has 1 saturated heterocycles. The SMILES string of the molecule is [2H]c1c([2H])c(C([2H])(c2c([2H])c([2H])c(Cl)c([2H])c2[2H])N2C([2H])([2H])C([2H])([2H])N(C([2H])([2H])[2H])C([2H])([2H])C2([2H])[2H])c([2H])c([2H])c1Cl. The first kappa shape index (κ1) is 4.52. The summed E-state index contributed by atoms with van der Waals surface area (Å²) < 4.78 is 167. The quantitative estimate of drug-likeness (QED) is 0.809. The summed E-state index contributed by atoms with van der Waals surface area (Å²) in [6.07, 6.45) is 0. The number of nitrogens with zero attached hydrogens (tertiary/aromatic N) is 2. The lowest BCUT2D eigenvalue weighted by atomic mass is 9.96. The highest BCUT2D eigenvalue weighted by molar-refractivity contribution is 6.30. The Morgan fingerprint density at radius 3 is 1.82 bits per heavy atom. The Labute approximate surface area is 170 Å². The summed E-state index contributed by atoms with van der Waals surface area (Å²) in [5.41, 5.74) is -2.74. The first-order chi connectivity index (χ1) is 18.6. The highest BCUT2D eigenvalue weighted by atomic mass is 35.5. The average molecular weight is 355 g/mol. The molecule has 0 radical (unpaired) electrons. The molecule has 0 atom stereocenters.